The molecule has 1 heterocycles. The summed E-state index contributed by atoms with van der Waals surface area (Å²) in [5.41, 5.74) is 2.13. The van der Waals surface area contributed by atoms with Gasteiger partial charge in [-0.1, -0.05) is 53.7 Å². The molecule has 0 atom stereocenters. The standard InChI is InChI=1S/C16H22BrN/c17-15-7-5-6-14(10-15)11-18-12-16(13-18)8-3-1-2-4-9-16/h5-7,10H,1-4,8-9,11-13H2. The average Bonchev–Trinajstić information content (AvgIpc) is 2.54. The van der Waals surface area contributed by atoms with Crippen LogP contribution in [0.3, 0.4) is 0 Å². The van der Waals surface area contributed by atoms with Gasteiger partial charge in [-0.2, -0.15) is 0 Å². The Balaban J connectivity index is 1.55. The van der Waals surface area contributed by atoms with Crippen LogP contribution in [0.4, 0.5) is 0 Å². The largest absolute Gasteiger partial charge is 0.298 e. The van der Waals surface area contributed by atoms with Crippen LogP contribution in [0.15, 0.2) is 28.7 Å². The Bertz CT molecular complexity index is 399. The van der Waals surface area contributed by atoms with E-state index in [4.69, 9.17) is 0 Å². The van der Waals surface area contributed by atoms with Crippen molar-refractivity contribution in [2.45, 2.75) is 45.1 Å². The van der Waals surface area contributed by atoms with Crippen molar-refractivity contribution in [1.29, 1.82) is 0 Å². The summed E-state index contributed by atoms with van der Waals surface area (Å²) in [5.74, 6) is 0. The third-order valence-electron chi connectivity index (χ3n) is 4.58. The number of likely N-dealkylation sites (tertiary alicyclic amines) is 1. The third-order valence-corrected chi connectivity index (χ3v) is 5.07. The number of halogens is 1. The van der Waals surface area contributed by atoms with E-state index >= 15 is 0 Å². The molecule has 0 unspecified atom stereocenters. The highest BCUT2D eigenvalue weighted by atomic mass is 79.9. The van der Waals surface area contributed by atoms with Crippen molar-refractivity contribution < 1.29 is 0 Å². The summed E-state index contributed by atoms with van der Waals surface area (Å²) in [6, 6.07) is 8.73. The summed E-state index contributed by atoms with van der Waals surface area (Å²) in [6.07, 6.45) is 8.81. The van der Waals surface area contributed by atoms with E-state index in [9.17, 15) is 0 Å². The summed E-state index contributed by atoms with van der Waals surface area (Å²) < 4.78 is 1.20. The van der Waals surface area contributed by atoms with Gasteiger partial charge in [0.15, 0.2) is 0 Å². The maximum Gasteiger partial charge on any atom is 0.0234 e. The van der Waals surface area contributed by atoms with Crippen molar-refractivity contribution in [3.63, 3.8) is 0 Å². The van der Waals surface area contributed by atoms with Crippen molar-refractivity contribution in [2.75, 3.05) is 13.1 Å². The molecule has 1 aliphatic carbocycles. The van der Waals surface area contributed by atoms with E-state index in [1.165, 1.54) is 61.7 Å². The van der Waals surface area contributed by atoms with Crippen molar-refractivity contribution >= 4 is 15.9 Å². The highest BCUT2D eigenvalue weighted by Crippen LogP contribution is 2.43. The monoisotopic (exact) mass is 307 g/mol. The first-order valence-electron chi connectivity index (χ1n) is 7.23. The predicted octanol–water partition coefficient (Wildman–Crippen LogP) is 4.61. The van der Waals surface area contributed by atoms with E-state index in [1.807, 2.05) is 0 Å². The molecule has 2 fully saturated rings. The topological polar surface area (TPSA) is 3.24 Å². The first-order valence-corrected chi connectivity index (χ1v) is 8.02. The first-order chi connectivity index (χ1) is 8.76. The second-order valence-electron chi connectivity index (χ2n) is 6.19. The predicted molar refractivity (Wildman–Crippen MR) is 79.6 cm³/mol. The van der Waals surface area contributed by atoms with Crippen LogP contribution in [-0.4, -0.2) is 18.0 Å². The van der Waals surface area contributed by atoms with Gasteiger partial charge >= 0.3 is 0 Å². The SMILES string of the molecule is Brc1cccc(CN2CC3(CCCCCC3)C2)c1. The third kappa shape index (κ3) is 2.80. The van der Waals surface area contributed by atoms with Crippen LogP contribution in [0.2, 0.25) is 0 Å². The molecule has 2 heteroatoms. The average molecular weight is 308 g/mol. The molecule has 2 aliphatic rings. The second-order valence-corrected chi connectivity index (χ2v) is 7.10. The van der Waals surface area contributed by atoms with Crippen LogP contribution in [0.5, 0.6) is 0 Å². The van der Waals surface area contributed by atoms with E-state index in [0.29, 0.717) is 5.41 Å². The molecule has 1 aliphatic heterocycles. The van der Waals surface area contributed by atoms with E-state index in [1.54, 1.807) is 0 Å². The second kappa shape index (κ2) is 5.34. The Morgan fingerprint density at radius 3 is 2.44 bits per heavy atom. The Hall–Kier alpha value is -0.340. The molecule has 0 bridgehead atoms. The fraction of sp³-hybridized carbons (Fsp3) is 0.625. The van der Waals surface area contributed by atoms with Gasteiger partial charge in [-0.3, -0.25) is 4.90 Å². The molecule has 1 aromatic carbocycles. The molecule has 1 saturated carbocycles. The zero-order chi connectivity index (χ0) is 12.4. The number of hydrogen-bond acceptors (Lipinski definition) is 1. The Morgan fingerprint density at radius 1 is 1.06 bits per heavy atom. The van der Waals surface area contributed by atoms with Crippen LogP contribution >= 0.6 is 15.9 Å². The maximum absolute atomic E-state index is 3.55. The van der Waals surface area contributed by atoms with E-state index in [0.717, 1.165) is 6.54 Å². The summed E-state index contributed by atoms with van der Waals surface area (Å²) in [7, 11) is 0. The van der Waals surface area contributed by atoms with Gasteiger partial charge in [0, 0.05) is 24.1 Å². The zero-order valence-electron chi connectivity index (χ0n) is 11.0. The molecule has 1 nitrogen and oxygen atoms in total. The van der Waals surface area contributed by atoms with Crippen LogP contribution in [-0.2, 0) is 6.54 Å². The quantitative estimate of drug-likeness (QED) is 0.771. The van der Waals surface area contributed by atoms with Crippen molar-refractivity contribution in [1.82, 2.24) is 4.90 Å². The van der Waals surface area contributed by atoms with Crippen molar-refractivity contribution in [3.8, 4) is 0 Å². The molecule has 1 saturated heterocycles. The lowest BCUT2D eigenvalue weighted by molar-refractivity contribution is -0.0176. The molecule has 0 N–H and O–H groups in total. The van der Waals surface area contributed by atoms with Crippen LogP contribution < -0.4 is 0 Å². The maximum atomic E-state index is 3.55. The Morgan fingerprint density at radius 2 is 1.78 bits per heavy atom. The van der Waals surface area contributed by atoms with Gasteiger partial charge < -0.3 is 0 Å². The van der Waals surface area contributed by atoms with Gasteiger partial charge in [0.2, 0.25) is 0 Å². The molecule has 1 spiro atoms. The molecule has 0 radical (unpaired) electrons. The van der Waals surface area contributed by atoms with Crippen LogP contribution in [0, 0.1) is 5.41 Å². The number of benzene rings is 1. The molecule has 3 rings (SSSR count). The molecular weight excluding hydrogens is 286 g/mol. The van der Waals surface area contributed by atoms with Crippen LogP contribution in [0.25, 0.3) is 0 Å². The van der Waals surface area contributed by atoms with Gasteiger partial charge in [-0.05, 0) is 36.0 Å². The highest BCUT2D eigenvalue weighted by Gasteiger charge is 2.42. The van der Waals surface area contributed by atoms with E-state index < -0.39 is 0 Å². The van der Waals surface area contributed by atoms with Gasteiger partial charge in [0.25, 0.3) is 0 Å². The molecule has 18 heavy (non-hydrogen) atoms. The minimum Gasteiger partial charge on any atom is -0.298 e. The fourth-order valence-corrected chi connectivity index (χ4v) is 4.15. The minimum absolute atomic E-state index is 0.697. The molecule has 1 aromatic rings. The number of nitrogens with zero attached hydrogens (tertiary/aromatic N) is 1. The lowest BCUT2D eigenvalue weighted by atomic mass is 9.73. The van der Waals surface area contributed by atoms with Gasteiger partial charge in [-0.25, -0.2) is 0 Å². The zero-order valence-corrected chi connectivity index (χ0v) is 12.6. The molecule has 0 aromatic heterocycles. The van der Waals surface area contributed by atoms with Crippen molar-refractivity contribution in [3.05, 3.63) is 34.3 Å². The normalized spacial score (nSPS) is 23.6. The lowest BCUT2D eigenvalue weighted by Gasteiger charge is -2.50. The number of hydrogen-bond donors (Lipinski definition) is 0. The Kier molecular flexibility index (Phi) is 3.76. The minimum atomic E-state index is 0.697. The Labute approximate surface area is 119 Å². The summed E-state index contributed by atoms with van der Waals surface area (Å²) >= 11 is 3.55. The summed E-state index contributed by atoms with van der Waals surface area (Å²) in [4.78, 5) is 2.62. The van der Waals surface area contributed by atoms with E-state index in [-0.39, 0.29) is 0 Å². The van der Waals surface area contributed by atoms with Gasteiger partial charge in [0.1, 0.15) is 0 Å². The summed E-state index contributed by atoms with van der Waals surface area (Å²) in [5, 5.41) is 0. The first kappa shape index (κ1) is 12.7. The van der Waals surface area contributed by atoms with Crippen molar-refractivity contribution in [2.24, 2.45) is 5.41 Å². The summed E-state index contributed by atoms with van der Waals surface area (Å²) in [6.45, 7) is 3.79. The number of rotatable bonds is 2. The highest BCUT2D eigenvalue weighted by molar-refractivity contribution is 9.10. The smallest absolute Gasteiger partial charge is 0.0234 e. The lowest BCUT2D eigenvalue weighted by Crippen LogP contribution is -2.55. The van der Waals surface area contributed by atoms with Gasteiger partial charge in [-0.15, -0.1) is 0 Å². The molecule has 98 valence electrons. The van der Waals surface area contributed by atoms with E-state index in [2.05, 4.69) is 45.1 Å². The molecular formula is C16H22BrN. The van der Waals surface area contributed by atoms with Crippen LogP contribution in [0.1, 0.15) is 44.1 Å². The fourth-order valence-electron chi connectivity index (χ4n) is 3.70. The van der Waals surface area contributed by atoms with Gasteiger partial charge in [0.05, 0.1) is 0 Å². The molecule has 0 amide bonds.